The van der Waals surface area contributed by atoms with E-state index >= 15 is 0 Å². The van der Waals surface area contributed by atoms with Gasteiger partial charge >= 0.3 is 0 Å². The zero-order valence-corrected chi connectivity index (χ0v) is 12.9. The molecule has 0 bridgehead atoms. The summed E-state index contributed by atoms with van der Waals surface area (Å²) in [4.78, 5) is 4.09. The fraction of sp³-hybridized carbons (Fsp3) is 0.154. The molecule has 0 spiro atoms. The van der Waals surface area contributed by atoms with Crippen LogP contribution in [0.25, 0.3) is 0 Å². The van der Waals surface area contributed by atoms with Crippen LogP contribution >= 0.6 is 23.2 Å². The Morgan fingerprint density at radius 2 is 2.00 bits per heavy atom. The minimum Gasteiger partial charge on any atom is -0.381 e. The van der Waals surface area contributed by atoms with E-state index < -0.39 is 9.84 Å². The molecule has 20 heavy (non-hydrogen) atoms. The van der Waals surface area contributed by atoms with Gasteiger partial charge in [-0.15, -0.1) is 0 Å². The number of hydrogen-bond acceptors (Lipinski definition) is 4. The zero-order chi connectivity index (χ0) is 14.8. The van der Waals surface area contributed by atoms with Gasteiger partial charge in [0.25, 0.3) is 0 Å². The Kier molecular flexibility index (Phi) is 4.52. The van der Waals surface area contributed by atoms with E-state index in [1.54, 1.807) is 30.5 Å². The summed E-state index contributed by atoms with van der Waals surface area (Å²) in [7, 11) is -3.33. The third-order valence-electron chi connectivity index (χ3n) is 2.67. The van der Waals surface area contributed by atoms with Crippen LogP contribution in [0.1, 0.15) is 5.56 Å². The van der Waals surface area contributed by atoms with Crippen LogP contribution in [0.5, 0.6) is 0 Å². The Bertz CT molecular complexity index is 733. The number of benzene rings is 1. The van der Waals surface area contributed by atoms with Crippen molar-refractivity contribution in [1.29, 1.82) is 0 Å². The van der Waals surface area contributed by atoms with Crippen LogP contribution in [-0.2, 0) is 16.4 Å². The van der Waals surface area contributed by atoms with E-state index in [1.165, 1.54) is 6.07 Å². The highest BCUT2D eigenvalue weighted by atomic mass is 35.5. The third kappa shape index (κ3) is 3.62. The van der Waals surface area contributed by atoms with Crippen LogP contribution in [0.15, 0.2) is 41.4 Å². The molecule has 1 aromatic carbocycles. The Morgan fingerprint density at radius 1 is 1.25 bits per heavy atom. The first-order chi connectivity index (χ1) is 9.38. The predicted octanol–water partition coefficient (Wildman–Crippen LogP) is 3.40. The van der Waals surface area contributed by atoms with E-state index in [1.807, 2.05) is 0 Å². The van der Waals surface area contributed by atoms with Crippen molar-refractivity contribution in [2.75, 3.05) is 11.6 Å². The average Bonchev–Trinajstić information content (AvgIpc) is 2.36. The van der Waals surface area contributed by atoms with Crippen LogP contribution in [-0.4, -0.2) is 19.7 Å². The van der Waals surface area contributed by atoms with Gasteiger partial charge in [0.05, 0.1) is 4.90 Å². The summed E-state index contributed by atoms with van der Waals surface area (Å²) in [5.74, 6) is 0. The minimum absolute atomic E-state index is 0.220. The molecule has 7 heteroatoms. The second-order valence-corrected chi connectivity index (χ2v) is 6.99. The molecule has 106 valence electrons. The maximum Gasteiger partial charge on any atom is 0.175 e. The van der Waals surface area contributed by atoms with E-state index in [2.05, 4.69) is 10.3 Å². The fourth-order valence-corrected chi connectivity index (χ4v) is 3.19. The Labute approximate surface area is 127 Å². The second-order valence-electron chi connectivity index (χ2n) is 4.21. The third-order valence-corrected chi connectivity index (χ3v) is 4.41. The van der Waals surface area contributed by atoms with E-state index in [-0.39, 0.29) is 11.4 Å². The van der Waals surface area contributed by atoms with Gasteiger partial charge in [-0.3, -0.25) is 0 Å². The standard InChI is InChI=1S/C13H12Cl2N2O2S/c1-20(18,19)12-4-2-3-11(14)10(12)8-17-9-5-6-16-13(15)7-9/h2-7H,8H2,1H3,(H,16,17). The van der Waals surface area contributed by atoms with E-state index in [0.717, 1.165) is 11.9 Å². The van der Waals surface area contributed by atoms with Gasteiger partial charge < -0.3 is 5.32 Å². The van der Waals surface area contributed by atoms with Gasteiger partial charge in [0.15, 0.2) is 9.84 Å². The van der Waals surface area contributed by atoms with Crippen molar-refractivity contribution < 1.29 is 8.42 Å². The highest BCUT2D eigenvalue weighted by Gasteiger charge is 2.15. The average molecular weight is 331 g/mol. The van der Waals surface area contributed by atoms with Crippen molar-refractivity contribution in [1.82, 2.24) is 4.98 Å². The quantitative estimate of drug-likeness (QED) is 0.873. The van der Waals surface area contributed by atoms with Gasteiger partial charge in [-0.25, -0.2) is 13.4 Å². The van der Waals surface area contributed by atoms with Crippen molar-refractivity contribution in [2.24, 2.45) is 0 Å². The SMILES string of the molecule is CS(=O)(=O)c1cccc(Cl)c1CNc1ccnc(Cl)c1. The highest BCUT2D eigenvalue weighted by molar-refractivity contribution is 7.90. The molecule has 2 aromatic rings. The minimum atomic E-state index is -3.33. The highest BCUT2D eigenvalue weighted by Crippen LogP contribution is 2.25. The molecule has 0 fully saturated rings. The van der Waals surface area contributed by atoms with Crippen LogP contribution in [0, 0.1) is 0 Å². The van der Waals surface area contributed by atoms with Crippen LogP contribution in [0.3, 0.4) is 0 Å². The number of aromatic nitrogens is 1. The summed E-state index contributed by atoms with van der Waals surface area (Å²) in [5.41, 5.74) is 1.27. The van der Waals surface area contributed by atoms with Crippen molar-refractivity contribution >= 4 is 38.7 Å². The van der Waals surface area contributed by atoms with Crippen molar-refractivity contribution in [2.45, 2.75) is 11.4 Å². The van der Waals surface area contributed by atoms with Gasteiger partial charge in [0, 0.05) is 35.3 Å². The molecule has 2 rings (SSSR count). The number of nitrogens with zero attached hydrogens (tertiary/aromatic N) is 1. The lowest BCUT2D eigenvalue weighted by Crippen LogP contribution is -2.07. The van der Waals surface area contributed by atoms with Crippen LogP contribution < -0.4 is 5.32 Å². The Hall–Kier alpha value is -1.30. The molecule has 0 unspecified atom stereocenters. The summed E-state index contributed by atoms with van der Waals surface area (Å²) < 4.78 is 23.5. The van der Waals surface area contributed by atoms with Gasteiger partial charge in [-0.1, -0.05) is 29.3 Å². The first-order valence-corrected chi connectivity index (χ1v) is 8.35. The zero-order valence-electron chi connectivity index (χ0n) is 10.6. The maximum absolute atomic E-state index is 11.8. The lowest BCUT2D eigenvalue weighted by atomic mass is 10.2. The van der Waals surface area contributed by atoms with Gasteiger partial charge in [-0.05, 0) is 24.3 Å². The van der Waals surface area contributed by atoms with Crippen LogP contribution in [0.4, 0.5) is 5.69 Å². The van der Waals surface area contributed by atoms with Crippen molar-refractivity contribution in [3.63, 3.8) is 0 Å². The monoisotopic (exact) mass is 330 g/mol. The number of halogens is 2. The summed E-state index contributed by atoms with van der Waals surface area (Å²) in [6, 6.07) is 8.21. The number of anilines is 1. The number of rotatable bonds is 4. The summed E-state index contributed by atoms with van der Waals surface area (Å²) in [6.45, 7) is 0.280. The normalized spacial score (nSPS) is 11.3. The van der Waals surface area contributed by atoms with E-state index in [4.69, 9.17) is 23.2 Å². The molecule has 0 radical (unpaired) electrons. The molecule has 0 saturated heterocycles. The Morgan fingerprint density at radius 3 is 2.65 bits per heavy atom. The lowest BCUT2D eigenvalue weighted by Gasteiger charge is -2.12. The molecule has 1 N–H and O–H groups in total. The Balaban J connectivity index is 2.30. The summed E-state index contributed by atoms with van der Waals surface area (Å²) in [5, 5.41) is 3.84. The van der Waals surface area contributed by atoms with E-state index in [0.29, 0.717) is 15.7 Å². The van der Waals surface area contributed by atoms with Crippen molar-refractivity contribution in [3.8, 4) is 0 Å². The smallest absolute Gasteiger partial charge is 0.175 e. The number of hydrogen-bond donors (Lipinski definition) is 1. The molecule has 1 aromatic heterocycles. The first kappa shape index (κ1) is 15.1. The molecule has 1 heterocycles. The summed E-state index contributed by atoms with van der Waals surface area (Å²) >= 11 is 11.9. The van der Waals surface area contributed by atoms with Crippen molar-refractivity contribution in [3.05, 3.63) is 52.3 Å². The lowest BCUT2D eigenvalue weighted by molar-refractivity contribution is 0.601. The number of pyridine rings is 1. The topological polar surface area (TPSA) is 59.1 Å². The molecule has 0 atom stereocenters. The number of nitrogens with one attached hydrogen (secondary N) is 1. The maximum atomic E-state index is 11.8. The first-order valence-electron chi connectivity index (χ1n) is 5.71. The molecule has 0 aliphatic rings. The molecule has 0 saturated carbocycles. The molecule has 4 nitrogen and oxygen atoms in total. The van der Waals surface area contributed by atoms with Gasteiger partial charge in [-0.2, -0.15) is 0 Å². The number of sulfone groups is 1. The van der Waals surface area contributed by atoms with Gasteiger partial charge in [0.2, 0.25) is 0 Å². The fourth-order valence-electron chi connectivity index (χ4n) is 1.76. The molecule has 0 aliphatic carbocycles. The van der Waals surface area contributed by atoms with E-state index in [9.17, 15) is 8.42 Å². The second kappa shape index (κ2) is 5.99. The predicted molar refractivity (Wildman–Crippen MR) is 81.1 cm³/mol. The molecule has 0 aliphatic heterocycles. The molecular formula is C13H12Cl2N2O2S. The summed E-state index contributed by atoms with van der Waals surface area (Å²) in [6.07, 6.45) is 2.72. The van der Waals surface area contributed by atoms with Gasteiger partial charge in [0.1, 0.15) is 5.15 Å². The molecular weight excluding hydrogens is 319 g/mol. The van der Waals surface area contributed by atoms with Crippen LogP contribution in [0.2, 0.25) is 10.2 Å². The largest absolute Gasteiger partial charge is 0.381 e. The molecule has 0 amide bonds.